The highest BCUT2D eigenvalue weighted by Crippen LogP contribution is 2.18. The van der Waals surface area contributed by atoms with E-state index in [4.69, 9.17) is 17.3 Å². The molecule has 0 unspecified atom stereocenters. The number of nitrogens with zero attached hydrogens (tertiary/aromatic N) is 3. The molecule has 0 bridgehead atoms. The number of aromatic nitrogens is 3. The molecule has 0 saturated carbocycles. The molecule has 0 atom stereocenters. The van der Waals surface area contributed by atoms with Crippen molar-refractivity contribution in [3.05, 3.63) is 41.6 Å². The zero-order valence-electron chi connectivity index (χ0n) is 7.89. The van der Waals surface area contributed by atoms with Crippen molar-refractivity contribution < 1.29 is 0 Å². The largest absolute Gasteiger partial charge is 0.324 e. The highest BCUT2D eigenvalue weighted by molar-refractivity contribution is 6.29. The molecule has 0 fully saturated rings. The highest BCUT2D eigenvalue weighted by atomic mass is 35.5. The first kappa shape index (κ1) is 10.0. The maximum absolute atomic E-state index is 5.85. The molecule has 0 aromatic carbocycles. The van der Waals surface area contributed by atoms with Gasteiger partial charge in [-0.2, -0.15) is 0 Å². The summed E-state index contributed by atoms with van der Waals surface area (Å²) in [4.78, 5) is 12.3. The minimum atomic E-state index is 0.272. The third kappa shape index (κ3) is 2.29. The van der Waals surface area contributed by atoms with Gasteiger partial charge in [0, 0.05) is 24.0 Å². The number of pyridine rings is 1. The summed E-state index contributed by atoms with van der Waals surface area (Å²) in [7, 11) is 0. The molecule has 0 spiro atoms. The Morgan fingerprint density at radius 3 is 2.87 bits per heavy atom. The molecule has 15 heavy (non-hydrogen) atoms. The van der Waals surface area contributed by atoms with Crippen LogP contribution in [-0.2, 0) is 6.54 Å². The van der Waals surface area contributed by atoms with E-state index in [0.29, 0.717) is 11.0 Å². The summed E-state index contributed by atoms with van der Waals surface area (Å²) in [6.45, 7) is 0.272. The van der Waals surface area contributed by atoms with E-state index in [1.165, 1.54) is 0 Å². The maximum atomic E-state index is 5.85. The van der Waals surface area contributed by atoms with Crippen LogP contribution in [-0.4, -0.2) is 15.0 Å². The van der Waals surface area contributed by atoms with Crippen LogP contribution in [0.4, 0.5) is 0 Å². The van der Waals surface area contributed by atoms with Gasteiger partial charge in [-0.1, -0.05) is 11.6 Å². The van der Waals surface area contributed by atoms with Crippen molar-refractivity contribution in [1.29, 1.82) is 0 Å². The zero-order valence-corrected chi connectivity index (χ0v) is 8.65. The first-order chi connectivity index (χ1) is 7.29. The van der Waals surface area contributed by atoms with Gasteiger partial charge in [-0.25, -0.2) is 9.97 Å². The van der Waals surface area contributed by atoms with Gasteiger partial charge >= 0.3 is 0 Å². The van der Waals surface area contributed by atoms with Crippen LogP contribution in [0.1, 0.15) is 5.82 Å². The fraction of sp³-hybridized carbons (Fsp3) is 0.100. The van der Waals surface area contributed by atoms with Gasteiger partial charge in [0.2, 0.25) is 0 Å². The van der Waals surface area contributed by atoms with E-state index in [2.05, 4.69) is 15.0 Å². The normalized spacial score (nSPS) is 10.3. The number of hydrogen-bond donors (Lipinski definition) is 1. The molecule has 0 aliphatic rings. The van der Waals surface area contributed by atoms with Crippen molar-refractivity contribution in [3.63, 3.8) is 0 Å². The first-order valence-electron chi connectivity index (χ1n) is 4.43. The third-order valence-electron chi connectivity index (χ3n) is 1.88. The molecular weight excluding hydrogens is 212 g/mol. The fourth-order valence-corrected chi connectivity index (χ4v) is 1.42. The van der Waals surface area contributed by atoms with Crippen molar-refractivity contribution in [2.75, 3.05) is 0 Å². The predicted octanol–water partition coefficient (Wildman–Crippen LogP) is 1.65. The molecule has 5 heteroatoms. The lowest BCUT2D eigenvalue weighted by atomic mass is 10.2. The Kier molecular flexibility index (Phi) is 2.89. The minimum absolute atomic E-state index is 0.272. The van der Waals surface area contributed by atoms with Crippen LogP contribution in [0.3, 0.4) is 0 Å². The Balaban J connectivity index is 2.49. The van der Waals surface area contributed by atoms with E-state index in [0.717, 1.165) is 11.3 Å². The molecule has 0 amide bonds. The molecule has 2 aromatic rings. The fourth-order valence-electron chi connectivity index (χ4n) is 1.22. The van der Waals surface area contributed by atoms with Crippen molar-refractivity contribution in [3.8, 4) is 11.3 Å². The second kappa shape index (κ2) is 4.33. The summed E-state index contributed by atoms with van der Waals surface area (Å²) in [5, 5.41) is 0.393. The smallest absolute Gasteiger partial charge is 0.144 e. The van der Waals surface area contributed by atoms with Crippen molar-refractivity contribution >= 4 is 11.6 Å². The molecule has 0 aliphatic heterocycles. The van der Waals surface area contributed by atoms with Gasteiger partial charge < -0.3 is 5.73 Å². The van der Waals surface area contributed by atoms with Crippen LogP contribution < -0.4 is 5.73 Å². The van der Waals surface area contributed by atoms with Crippen molar-refractivity contribution in [2.24, 2.45) is 5.73 Å². The maximum Gasteiger partial charge on any atom is 0.144 e. The second-order valence-electron chi connectivity index (χ2n) is 2.94. The monoisotopic (exact) mass is 220 g/mol. The van der Waals surface area contributed by atoms with E-state index < -0.39 is 0 Å². The number of nitrogens with two attached hydrogens (primary N) is 1. The minimum Gasteiger partial charge on any atom is -0.324 e. The summed E-state index contributed by atoms with van der Waals surface area (Å²) >= 11 is 5.85. The summed E-state index contributed by atoms with van der Waals surface area (Å²) in [6, 6.07) is 5.44. The first-order valence-corrected chi connectivity index (χ1v) is 4.81. The SMILES string of the molecule is NCc1nc(Cl)cc(-c2cccnc2)n1. The number of rotatable bonds is 2. The Hall–Kier alpha value is -1.52. The summed E-state index contributed by atoms with van der Waals surface area (Å²) < 4.78 is 0. The summed E-state index contributed by atoms with van der Waals surface area (Å²) in [6.07, 6.45) is 3.43. The van der Waals surface area contributed by atoms with Gasteiger partial charge in [0.25, 0.3) is 0 Å². The quantitative estimate of drug-likeness (QED) is 0.782. The lowest BCUT2D eigenvalue weighted by Crippen LogP contribution is -2.03. The van der Waals surface area contributed by atoms with Crippen molar-refractivity contribution in [2.45, 2.75) is 6.54 Å². The lowest BCUT2D eigenvalue weighted by Gasteiger charge is -2.02. The van der Waals surface area contributed by atoms with Crippen molar-refractivity contribution in [1.82, 2.24) is 15.0 Å². The third-order valence-corrected chi connectivity index (χ3v) is 2.07. The lowest BCUT2D eigenvalue weighted by molar-refractivity contribution is 0.912. The second-order valence-corrected chi connectivity index (χ2v) is 3.33. The zero-order chi connectivity index (χ0) is 10.7. The topological polar surface area (TPSA) is 64.7 Å². The molecule has 76 valence electrons. The van der Waals surface area contributed by atoms with Gasteiger partial charge in [-0.3, -0.25) is 4.98 Å². The van der Waals surface area contributed by atoms with E-state index in [-0.39, 0.29) is 6.54 Å². The summed E-state index contributed by atoms with van der Waals surface area (Å²) in [5.74, 6) is 0.529. The Labute approximate surface area is 92.2 Å². The Bertz CT molecular complexity index is 458. The van der Waals surface area contributed by atoms with Crippen LogP contribution >= 0.6 is 11.6 Å². The van der Waals surface area contributed by atoms with Crippen LogP contribution in [0.25, 0.3) is 11.3 Å². The van der Waals surface area contributed by atoms with Gasteiger partial charge in [-0.05, 0) is 12.1 Å². The Morgan fingerprint density at radius 2 is 2.20 bits per heavy atom. The molecule has 0 radical (unpaired) electrons. The molecule has 0 aliphatic carbocycles. The molecule has 4 nitrogen and oxygen atoms in total. The summed E-state index contributed by atoms with van der Waals surface area (Å²) in [5.41, 5.74) is 7.11. The molecule has 2 rings (SSSR count). The van der Waals surface area contributed by atoms with Crippen LogP contribution in [0.15, 0.2) is 30.6 Å². The highest BCUT2D eigenvalue weighted by Gasteiger charge is 2.03. The molecule has 2 heterocycles. The van der Waals surface area contributed by atoms with Gasteiger partial charge in [0.05, 0.1) is 12.2 Å². The Morgan fingerprint density at radius 1 is 1.33 bits per heavy atom. The molecule has 2 N–H and O–H groups in total. The van der Waals surface area contributed by atoms with Gasteiger partial charge in [-0.15, -0.1) is 0 Å². The molecule has 0 saturated heterocycles. The molecule has 2 aromatic heterocycles. The average molecular weight is 221 g/mol. The average Bonchev–Trinajstić information content (AvgIpc) is 2.29. The number of hydrogen-bond acceptors (Lipinski definition) is 4. The van der Waals surface area contributed by atoms with Crippen LogP contribution in [0.5, 0.6) is 0 Å². The molecular formula is C10H9ClN4. The van der Waals surface area contributed by atoms with Gasteiger partial charge in [0.15, 0.2) is 0 Å². The van der Waals surface area contributed by atoms with Crippen LogP contribution in [0.2, 0.25) is 5.15 Å². The van der Waals surface area contributed by atoms with E-state index in [1.54, 1.807) is 18.5 Å². The van der Waals surface area contributed by atoms with E-state index in [9.17, 15) is 0 Å². The van der Waals surface area contributed by atoms with Gasteiger partial charge in [0.1, 0.15) is 11.0 Å². The standard InChI is InChI=1S/C10H9ClN4/c11-9-4-8(14-10(5-12)15-9)7-2-1-3-13-6-7/h1-4,6H,5,12H2. The van der Waals surface area contributed by atoms with E-state index in [1.807, 2.05) is 12.1 Å². The number of halogens is 1. The predicted molar refractivity (Wildman–Crippen MR) is 58.2 cm³/mol. The van der Waals surface area contributed by atoms with Crippen LogP contribution in [0, 0.1) is 0 Å². The van der Waals surface area contributed by atoms with E-state index >= 15 is 0 Å².